The summed E-state index contributed by atoms with van der Waals surface area (Å²) in [6.45, 7) is 1.88. The Kier molecular flexibility index (Phi) is 4.40. The molecule has 6 heteroatoms. The van der Waals surface area contributed by atoms with Crippen LogP contribution in [0.15, 0.2) is 33.1 Å². The van der Waals surface area contributed by atoms with Crippen molar-refractivity contribution in [1.82, 2.24) is 4.90 Å². The highest BCUT2D eigenvalue weighted by Crippen LogP contribution is 2.37. The first-order valence-electron chi connectivity index (χ1n) is 5.32. The van der Waals surface area contributed by atoms with Gasteiger partial charge in [0.05, 0.1) is 23.8 Å². The van der Waals surface area contributed by atoms with Gasteiger partial charge in [-0.25, -0.2) is 0 Å². The van der Waals surface area contributed by atoms with Gasteiger partial charge in [-0.05, 0) is 34.1 Å². The molecular weight excluding hydrogens is 380 g/mol. The highest BCUT2D eigenvalue weighted by atomic mass is 79.9. The molecule has 0 unspecified atom stereocenters. The fraction of sp³-hybridized carbons (Fsp3) is 0.250. The van der Waals surface area contributed by atoms with E-state index in [9.17, 15) is 0 Å². The number of rotatable bonds is 2. The Morgan fingerprint density at radius 1 is 1.44 bits per heavy atom. The number of benzene rings is 1. The molecule has 0 saturated heterocycles. The van der Waals surface area contributed by atoms with Gasteiger partial charge in [0.25, 0.3) is 0 Å². The topological polar surface area (TPSA) is 24.8 Å². The number of hydrogen-bond donors (Lipinski definition) is 0. The van der Waals surface area contributed by atoms with Crippen LogP contribution in [0, 0.1) is 0 Å². The molecule has 0 atom stereocenters. The van der Waals surface area contributed by atoms with E-state index < -0.39 is 0 Å². The molecule has 0 spiro atoms. The van der Waals surface area contributed by atoms with Gasteiger partial charge >= 0.3 is 0 Å². The lowest BCUT2D eigenvalue weighted by Gasteiger charge is -2.17. The smallest absolute Gasteiger partial charge is 0.168 e. The van der Waals surface area contributed by atoms with Crippen LogP contribution in [0.1, 0.15) is 5.56 Å². The first-order valence-corrected chi connectivity index (χ1v) is 6.99. The van der Waals surface area contributed by atoms with E-state index in [2.05, 4.69) is 43.4 Å². The molecule has 0 N–H and O–H groups in total. The summed E-state index contributed by atoms with van der Waals surface area (Å²) >= 11 is 5.22. The Morgan fingerprint density at radius 3 is 3.00 bits per heavy atom. The van der Waals surface area contributed by atoms with Crippen molar-refractivity contribution in [3.63, 3.8) is 0 Å². The number of methoxy groups -OCH3 is 1. The average Bonchev–Trinajstić information content (AvgIpc) is 2.90. The van der Waals surface area contributed by atoms with Crippen molar-refractivity contribution in [3.8, 4) is 5.75 Å². The zero-order chi connectivity index (χ0) is 11.8. The standard InChI is InChI=1S/C12H11BrN2OS.BrH/c1-16-11-3-2-8(6-9(11)13)10-7-17-12-14-4-5-15(10)12;/h2-3,6-7H,4-5H2,1H3;1H/p-1. The van der Waals surface area contributed by atoms with Crippen molar-refractivity contribution in [2.75, 3.05) is 20.2 Å². The summed E-state index contributed by atoms with van der Waals surface area (Å²) in [4.78, 5) is 6.71. The Morgan fingerprint density at radius 2 is 2.28 bits per heavy atom. The minimum atomic E-state index is 0. The van der Waals surface area contributed by atoms with Crippen molar-refractivity contribution in [2.24, 2.45) is 4.99 Å². The Bertz CT molecular complexity index is 531. The van der Waals surface area contributed by atoms with Gasteiger partial charge in [0.2, 0.25) is 0 Å². The molecule has 3 nitrogen and oxygen atoms in total. The molecule has 18 heavy (non-hydrogen) atoms. The largest absolute Gasteiger partial charge is 1.00 e. The predicted molar refractivity (Wildman–Crippen MR) is 75.3 cm³/mol. The van der Waals surface area contributed by atoms with Crippen LogP contribution in [-0.4, -0.2) is 30.3 Å². The Hall–Kier alpha value is -0.460. The number of hydrogen-bond acceptors (Lipinski definition) is 4. The van der Waals surface area contributed by atoms with Crippen LogP contribution in [0.5, 0.6) is 5.75 Å². The fourth-order valence-electron chi connectivity index (χ4n) is 1.97. The number of thioether (sulfide) groups is 1. The van der Waals surface area contributed by atoms with E-state index in [1.54, 1.807) is 18.9 Å². The highest BCUT2D eigenvalue weighted by molar-refractivity contribution is 9.10. The Labute approximate surface area is 129 Å². The fourth-order valence-corrected chi connectivity index (χ4v) is 3.48. The monoisotopic (exact) mass is 389 g/mol. The van der Waals surface area contributed by atoms with E-state index in [0.29, 0.717) is 0 Å². The molecule has 0 aliphatic carbocycles. The number of ether oxygens (including phenoxy) is 1. The van der Waals surface area contributed by atoms with Crippen LogP contribution in [0.3, 0.4) is 0 Å². The molecule has 0 fully saturated rings. The SMILES string of the molecule is COc1ccc(C2=CSC3=NCCN23)cc1Br.[Br-]. The number of halogens is 2. The second-order valence-corrected chi connectivity index (χ2v) is 5.48. The number of aliphatic imine (C=N–C) groups is 1. The van der Waals surface area contributed by atoms with Gasteiger partial charge in [0.15, 0.2) is 5.17 Å². The summed E-state index contributed by atoms with van der Waals surface area (Å²) in [5, 5.41) is 3.28. The predicted octanol–water partition coefficient (Wildman–Crippen LogP) is 0.178. The summed E-state index contributed by atoms with van der Waals surface area (Å²) in [5.74, 6) is 0.857. The maximum Gasteiger partial charge on any atom is 0.168 e. The molecule has 2 aliphatic heterocycles. The van der Waals surface area contributed by atoms with Crippen molar-refractivity contribution in [1.29, 1.82) is 0 Å². The minimum absolute atomic E-state index is 0. The lowest BCUT2D eigenvalue weighted by atomic mass is 10.1. The molecule has 2 aliphatic rings. The molecule has 3 rings (SSSR count). The third-order valence-corrected chi connectivity index (χ3v) is 4.34. The molecule has 1 aromatic carbocycles. The zero-order valence-corrected chi connectivity index (χ0v) is 13.7. The van der Waals surface area contributed by atoms with Crippen molar-refractivity contribution >= 4 is 38.6 Å². The molecule has 2 heterocycles. The van der Waals surface area contributed by atoms with Crippen LogP contribution in [0.2, 0.25) is 0 Å². The molecule has 0 radical (unpaired) electrons. The van der Waals surface area contributed by atoms with Crippen LogP contribution in [0.4, 0.5) is 0 Å². The molecule has 0 saturated carbocycles. The summed E-state index contributed by atoms with van der Waals surface area (Å²) in [6.07, 6.45) is 0. The van der Waals surface area contributed by atoms with Crippen molar-refractivity contribution in [2.45, 2.75) is 0 Å². The molecule has 1 aromatic rings. The summed E-state index contributed by atoms with van der Waals surface area (Å²) in [5.41, 5.74) is 2.42. The van der Waals surface area contributed by atoms with Gasteiger partial charge in [-0.3, -0.25) is 4.99 Å². The van der Waals surface area contributed by atoms with Crippen LogP contribution >= 0.6 is 27.7 Å². The highest BCUT2D eigenvalue weighted by Gasteiger charge is 2.27. The number of nitrogens with zero attached hydrogens (tertiary/aromatic N) is 2. The summed E-state index contributed by atoms with van der Waals surface area (Å²) in [6, 6.07) is 6.15. The first-order chi connectivity index (χ1) is 8.29. The summed E-state index contributed by atoms with van der Waals surface area (Å²) < 4.78 is 6.22. The lowest BCUT2D eigenvalue weighted by molar-refractivity contribution is -0.00000352. The second-order valence-electron chi connectivity index (χ2n) is 3.79. The van der Waals surface area contributed by atoms with E-state index in [-0.39, 0.29) is 17.0 Å². The van der Waals surface area contributed by atoms with Gasteiger partial charge in [0, 0.05) is 17.5 Å². The number of fused-ring (bicyclic) bond motifs is 1. The molecule has 0 amide bonds. The van der Waals surface area contributed by atoms with E-state index in [0.717, 1.165) is 28.5 Å². The minimum Gasteiger partial charge on any atom is -1.00 e. The van der Waals surface area contributed by atoms with Gasteiger partial charge in [-0.2, -0.15) is 0 Å². The zero-order valence-electron chi connectivity index (χ0n) is 9.69. The van der Waals surface area contributed by atoms with E-state index in [4.69, 9.17) is 4.74 Å². The Balaban J connectivity index is 0.00000120. The van der Waals surface area contributed by atoms with Gasteiger partial charge in [-0.15, -0.1) is 0 Å². The average molecular weight is 391 g/mol. The molecule has 0 bridgehead atoms. The van der Waals surface area contributed by atoms with Gasteiger partial charge in [0.1, 0.15) is 5.75 Å². The van der Waals surface area contributed by atoms with E-state index >= 15 is 0 Å². The van der Waals surface area contributed by atoms with Gasteiger partial charge in [-0.1, -0.05) is 11.8 Å². The second kappa shape index (κ2) is 5.67. The van der Waals surface area contributed by atoms with Crippen LogP contribution in [-0.2, 0) is 0 Å². The molecule has 96 valence electrons. The molecular formula is C12H11Br2N2OS-. The van der Waals surface area contributed by atoms with Crippen LogP contribution in [0.25, 0.3) is 5.70 Å². The maximum atomic E-state index is 5.24. The van der Waals surface area contributed by atoms with E-state index in [1.165, 1.54) is 11.3 Å². The summed E-state index contributed by atoms with van der Waals surface area (Å²) in [7, 11) is 1.68. The third-order valence-electron chi connectivity index (χ3n) is 2.82. The quantitative estimate of drug-likeness (QED) is 0.720. The van der Waals surface area contributed by atoms with Gasteiger partial charge < -0.3 is 26.6 Å². The van der Waals surface area contributed by atoms with Crippen molar-refractivity contribution in [3.05, 3.63) is 33.6 Å². The normalized spacial score (nSPS) is 16.9. The third kappa shape index (κ3) is 2.33. The van der Waals surface area contributed by atoms with Crippen LogP contribution < -0.4 is 21.7 Å². The molecule has 0 aromatic heterocycles. The lowest BCUT2D eigenvalue weighted by Crippen LogP contribution is -3.00. The number of amidine groups is 1. The van der Waals surface area contributed by atoms with E-state index in [1.807, 2.05) is 6.07 Å². The maximum absolute atomic E-state index is 5.24. The van der Waals surface area contributed by atoms with Crippen molar-refractivity contribution < 1.29 is 21.7 Å². The first kappa shape index (κ1) is 14.0.